The van der Waals surface area contributed by atoms with Crippen molar-refractivity contribution in [3.05, 3.63) is 63.6 Å². The molecule has 2 aromatic rings. The van der Waals surface area contributed by atoms with E-state index in [0.29, 0.717) is 27.8 Å². The van der Waals surface area contributed by atoms with Crippen LogP contribution in [-0.2, 0) is 6.54 Å². The van der Waals surface area contributed by atoms with Crippen LogP contribution in [0.5, 0.6) is 0 Å². The van der Waals surface area contributed by atoms with Crippen LogP contribution < -0.4 is 11.1 Å². The summed E-state index contributed by atoms with van der Waals surface area (Å²) in [5, 5.41) is 3.84. The second kappa shape index (κ2) is 5.95. The lowest BCUT2D eigenvalue weighted by atomic mass is 10.1. The molecule has 2 aromatic carbocycles. The Kier molecular flexibility index (Phi) is 4.30. The van der Waals surface area contributed by atoms with Crippen molar-refractivity contribution in [3.63, 3.8) is 0 Å². The Bertz CT molecular complexity index is 614. The first-order valence-corrected chi connectivity index (χ1v) is 6.40. The number of halogens is 2. The van der Waals surface area contributed by atoms with E-state index in [9.17, 15) is 4.79 Å². The third-order valence-electron chi connectivity index (χ3n) is 2.66. The van der Waals surface area contributed by atoms with Crippen LogP contribution in [0.4, 0.5) is 5.69 Å². The first kappa shape index (κ1) is 13.7. The predicted octanol–water partition coefficient (Wildman–Crippen LogP) is 3.51. The highest BCUT2D eigenvalue weighted by atomic mass is 35.5. The summed E-state index contributed by atoms with van der Waals surface area (Å²) >= 11 is 11.8. The first-order valence-electron chi connectivity index (χ1n) is 5.64. The molecule has 0 aliphatic carbocycles. The fourth-order valence-electron chi connectivity index (χ4n) is 1.60. The normalized spacial score (nSPS) is 10.2. The van der Waals surface area contributed by atoms with Crippen molar-refractivity contribution in [2.45, 2.75) is 6.54 Å². The minimum absolute atomic E-state index is 0.219. The van der Waals surface area contributed by atoms with E-state index in [0.717, 1.165) is 5.56 Å². The minimum atomic E-state index is -0.219. The van der Waals surface area contributed by atoms with Gasteiger partial charge in [-0.2, -0.15) is 0 Å². The smallest absolute Gasteiger partial charge is 0.251 e. The van der Waals surface area contributed by atoms with Gasteiger partial charge in [-0.15, -0.1) is 0 Å². The van der Waals surface area contributed by atoms with Crippen molar-refractivity contribution in [2.24, 2.45) is 0 Å². The molecule has 0 aromatic heterocycles. The molecule has 0 aliphatic heterocycles. The van der Waals surface area contributed by atoms with Gasteiger partial charge in [-0.25, -0.2) is 0 Å². The highest BCUT2D eigenvalue weighted by Crippen LogP contribution is 2.19. The highest BCUT2D eigenvalue weighted by Gasteiger charge is 2.08. The van der Waals surface area contributed by atoms with Gasteiger partial charge in [0.05, 0.1) is 10.7 Å². The standard InChI is InChI=1S/C14H12Cl2N2O/c15-11-4-2-1-3-10(11)8-18-14(19)9-5-6-12(16)13(17)7-9/h1-7H,8,17H2,(H,18,19). The molecule has 0 unspecified atom stereocenters. The van der Waals surface area contributed by atoms with Gasteiger partial charge in [0.2, 0.25) is 0 Å². The van der Waals surface area contributed by atoms with E-state index >= 15 is 0 Å². The summed E-state index contributed by atoms with van der Waals surface area (Å²) in [5.41, 5.74) is 7.37. The van der Waals surface area contributed by atoms with Crippen molar-refractivity contribution in [3.8, 4) is 0 Å². The molecule has 19 heavy (non-hydrogen) atoms. The number of rotatable bonds is 3. The molecular weight excluding hydrogens is 283 g/mol. The summed E-state index contributed by atoms with van der Waals surface area (Å²) in [4.78, 5) is 11.9. The van der Waals surface area contributed by atoms with Crippen molar-refractivity contribution < 1.29 is 4.79 Å². The zero-order chi connectivity index (χ0) is 13.8. The zero-order valence-electron chi connectivity index (χ0n) is 9.99. The summed E-state index contributed by atoms with van der Waals surface area (Å²) in [6, 6.07) is 12.1. The number of nitrogen functional groups attached to an aromatic ring is 1. The topological polar surface area (TPSA) is 55.1 Å². The molecule has 0 aliphatic rings. The van der Waals surface area contributed by atoms with Gasteiger partial charge in [-0.3, -0.25) is 4.79 Å². The average Bonchev–Trinajstić information content (AvgIpc) is 2.40. The Labute approximate surface area is 121 Å². The molecule has 3 nitrogen and oxygen atoms in total. The number of hydrogen-bond acceptors (Lipinski definition) is 2. The number of nitrogens with two attached hydrogens (primary N) is 1. The largest absolute Gasteiger partial charge is 0.398 e. The molecule has 0 atom stereocenters. The number of benzene rings is 2. The minimum Gasteiger partial charge on any atom is -0.398 e. The van der Waals surface area contributed by atoms with Crippen LogP contribution in [0.2, 0.25) is 10.0 Å². The van der Waals surface area contributed by atoms with Crippen LogP contribution in [0, 0.1) is 0 Å². The van der Waals surface area contributed by atoms with Gasteiger partial charge in [0, 0.05) is 17.1 Å². The van der Waals surface area contributed by atoms with E-state index in [1.807, 2.05) is 18.2 Å². The predicted molar refractivity (Wildman–Crippen MR) is 78.5 cm³/mol. The van der Waals surface area contributed by atoms with E-state index in [1.165, 1.54) is 0 Å². The van der Waals surface area contributed by atoms with Gasteiger partial charge in [0.1, 0.15) is 0 Å². The van der Waals surface area contributed by atoms with Crippen LogP contribution >= 0.6 is 23.2 Å². The quantitative estimate of drug-likeness (QED) is 0.851. The second-order valence-corrected chi connectivity index (χ2v) is 4.82. The average molecular weight is 295 g/mol. The zero-order valence-corrected chi connectivity index (χ0v) is 11.5. The molecule has 0 saturated carbocycles. The number of carbonyl (C=O) groups is 1. The van der Waals surface area contributed by atoms with Gasteiger partial charge < -0.3 is 11.1 Å². The summed E-state index contributed by atoms with van der Waals surface area (Å²) < 4.78 is 0. The van der Waals surface area contributed by atoms with Gasteiger partial charge in [-0.1, -0.05) is 41.4 Å². The van der Waals surface area contributed by atoms with Gasteiger partial charge in [0.25, 0.3) is 5.91 Å². The molecule has 98 valence electrons. The van der Waals surface area contributed by atoms with Crippen LogP contribution in [0.25, 0.3) is 0 Å². The Morgan fingerprint density at radius 2 is 1.84 bits per heavy atom. The molecule has 5 heteroatoms. The van der Waals surface area contributed by atoms with Crippen LogP contribution in [0.3, 0.4) is 0 Å². The fourth-order valence-corrected chi connectivity index (χ4v) is 1.92. The Balaban J connectivity index is 2.05. The molecule has 1 amide bonds. The van der Waals surface area contributed by atoms with Crippen molar-refractivity contribution in [1.29, 1.82) is 0 Å². The Morgan fingerprint density at radius 1 is 1.11 bits per heavy atom. The lowest BCUT2D eigenvalue weighted by Gasteiger charge is -2.08. The monoisotopic (exact) mass is 294 g/mol. The molecule has 0 bridgehead atoms. The molecule has 2 rings (SSSR count). The van der Waals surface area contributed by atoms with Crippen LogP contribution in [-0.4, -0.2) is 5.91 Å². The number of amides is 1. The third kappa shape index (κ3) is 3.40. The van der Waals surface area contributed by atoms with E-state index in [2.05, 4.69) is 5.32 Å². The highest BCUT2D eigenvalue weighted by molar-refractivity contribution is 6.33. The molecule has 0 saturated heterocycles. The second-order valence-electron chi connectivity index (χ2n) is 4.01. The third-order valence-corrected chi connectivity index (χ3v) is 3.37. The van der Waals surface area contributed by atoms with Crippen molar-refractivity contribution in [2.75, 3.05) is 5.73 Å². The van der Waals surface area contributed by atoms with Crippen molar-refractivity contribution in [1.82, 2.24) is 5.32 Å². The SMILES string of the molecule is Nc1cc(C(=O)NCc2ccccc2Cl)ccc1Cl. The maximum atomic E-state index is 11.9. The van der Waals surface area contributed by atoms with E-state index in [4.69, 9.17) is 28.9 Å². The summed E-state index contributed by atoms with van der Waals surface area (Å²) in [6.07, 6.45) is 0. The fraction of sp³-hybridized carbons (Fsp3) is 0.0714. The van der Waals surface area contributed by atoms with E-state index < -0.39 is 0 Å². The molecular formula is C14H12Cl2N2O. The Hall–Kier alpha value is -1.71. The van der Waals surface area contributed by atoms with E-state index in [-0.39, 0.29) is 5.91 Å². The van der Waals surface area contributed by atoms with Crippen LogP contribution in [0.15, 0.2) is 42.5 Å². The van der Waals surface area contributed by atoms with Gasteiger partial charge in [-0.05, 0) is 29.8 Å². The number of hydrogen-bond donors (Lipinski definition) is 2. The molecule has 0 heterocycles. The van der Waals surface area contributed by atoms with Crippen molar-refractivity contribution >= 4 is 34.8 Å². The van der Waals surface area contributed by atoms with Gasteiger partial charge >= 0.3 is 0 Å². The number of anilines is 1. The molecule has 0 radical (unpaired) electrons. The summed E-state index contributed by atoms with van der Waals surface area (Å²) in [7, 11) is 0. The number of nitrogens with one attached hydrogen (secondary N) is 1. The van der Waals surface area contributed by atoms with Gasteiger partial charge in [0.15, 0.2) is 0 Å². The maximum Gasteiger partial charge on any atom is 0.251 e. The molecule has 3 N–H and O–H groups in total. The van der Waals surface area contributed by atoms with Crippen LogP contribution in [0.1, 0.15) is 15.9 Å². The number of carbonyl (C=O) groups excluding carboxylic acids is 1. The lowest BCUT2D eigenvalue weighted by molar-refractivity contribution is 0.0951. The summed E-state index contributed by atoms with van der Waals surface area (Å²) in [5.74, 6) is -0.219. The Morgan fingerprint density at radius 3 is 2.53 bits per heavy atom. The first-order chi connectivity index (χ1) is 9.08. The molecule has 0 fully saturated rings. The summed E-state index contributed by atoms with van der Waals surface area (Å²) in [6.45, 7) is 0.362. The molecule has 0 spiro atoms. The van der Waals surface area contributed by atoms with E-state index in [1.54, 1.807) is 24.3 Å². The lowest BCUT2D eigenvalue weighted by Crippen LogP contribution is -2.23. The maximum absolute atomic E-state index is 11.9.